The molecule has 2 aromatic rings. The molecule has 1 aromatic heterocycles. The maximum absolute atomic E-state index is 10.9. The Balaban J connectivity index is 2.02. The molecule has 0 amide bonds. The molecule has 0 radical (unpaired) electrons. The Hall–Kier alpha value is -1.62. The van der Waals surface area contributed by atoms with E-state index in [0.29, 0.717) is 13.0 Å². The van der Waals surface area contributed by atoms with E-state index in [9.17, 15) is 4.79 Å². The number of hydrogen-bond acceptors (Lipinski definition) is 5. The van der Waals surface area contributed by atoms with Gasteiger partial charge in [-0.2, -0.15) is 4.37 Å². The van der Waals surface area contributed by atoms with Crippen LogP contribution in [0.5, 0.6) is 0 Å². The molecule has 0 aliphatic rings. The lowest BCUT2D eigenvalue weighted by molar-refractivity contribution is -0.140. The Kier molecular flexibility index (Phi) is 3.36. The number of methoxy groups -OCH3 is 1. The van der Waals surface area contributed by atoms with E-state index >= 15 is 0 Å². The van der Waals surface area contributed by atoms with Crippen molar-refractivity contribution >= 4 is 33.4 Å². The number of ether oxygens (including phenoxy) is 1. The van der Waals surface area contributed by atoms with E-state index in [4.69, 9.17) is 0 Å². The summed E-state index contributed by atoms with van der Waals surface area (Å²) in [6, 6.07) is 7.92. The number of aromatic nitrogens is 1. The molecule has 0 unspecified atom stereocenters. The molecule has 0 aliphatic carbocycles. The summed E-state index contributed by atoms with van der Waals surface area (Å²) in [6.07, 6.45) is 0.364. The normalized spacial score (nSPS) is 10.3. The molecule has 0 spiro atoms. The molecule has 0 bridgehead atoms. The number of hydrogen-bond donors (Lipinski definition) is 1. The summed E-state index contributed by atoms with van der Waals surface area (Å²) < 4.78 is 8.87. The van der Waals surface area contributed by atoms with Crippen LogP contribution in [0, 0.1) is 0 Å². The molecule has 4 nitrogen and oxygen atoms in total. The van der Waals surface area contributed by atoms with Gasteiger partial charge in [-0.1, -0.05) is 12.1 Å². The van der Waals surface area contributed by atoms with Crippen molar-refractivity contribution in [2.75, 3.05) is 19.0 Å². The molecular weight excluding hydrogens is 224 g/mol. The monoisotopic (exact) mass is 236 g/mol. The number of fused-ring (bicyclic) bond motifs is 1. The largest absolute Gasteiger partial charge is 0.469 e. The number of anilines is 1. The van der Waals surface area contributed by atoms with Crippen LogP contribution in [0.1, 0.15) is 6.42 Å². The van der Waals surface area contributed by atoms with Crippen LogP contribution < -0.4 is 5.32 Å². The molecule has 0 fully saturated rings. The number of benzene rings is 1. The Morgan fingerprint density at radius 2 is 2.31 bits per heavy atom. The summed E-state index contributed by atoms with van der Waals surface area (Å²) >= 11 is 1.41. The van der Waals surface area contributed by atoms with Crippen LogP contribution in [-0.4, -0.2) is 24.0 Å². The third kappa shape index (κ3) is 2.30. The fourth-order valence-electron chi connectivity index (χ4n) is 1.40. The average molecular weight is 236 g/mol. The van der Waals surface area contributed by atoms with E-state index in [1.54, 1.807) is 0 Å². The average Bonchev–Trinajstić information content (AvgIpc) is 2.73. The van der Waals surface area contributed by atoms with Crippen molar-refractivity contribution < 1.29 is 9.53 Å². The number of nitrogens with zero attached hydrogens (tertiary/aromatic N) is 1. The number of carbonyl (C=O) groups is 1. The summed E-state index contributed by atoms with van der Waals surface area (Å²) in [5.74, 6) is -0.207. The Morgan fingerprint density at radius 3 is 3.12 bits per heavy atom. The van der Waals surface area contributed by atoms with Crippen LogP contribution in [0.25, 0.3) is 10.9 Å². The van der Waals surface area contributed by atoms with Crippen molar-refractivity contribution in [3.8, 4) is 0 Å². The van der Waals surface area contributed by atoms with Crippen molar-refractivity contribution in [3.05, 3.63) is 24.3 Å². The number of carbonyl (C=O) groups excluding carboxylic acids is 1. The quantitative estimate of drug-likeness (QED) is 0.827. The third-order valence-electron chi connectivity index (χ3n) is 2.23. The molecule has 84 valence electrons. The van der Waals surface area contributed by atoms with Crippen LogP contribution >= 0.6 is 11.5 Å². The molecule has 0 aliphatic heterocycles. The van der Waals surface area contributed by atoms with Crippen LogP contribution in [0.2, 0.25) is 0 Å². The first kappa shape index (κ1) is 10.9. The number of nitrogens with one attached hydrogen (secondary N) is 1. The lowest BCUT2D eigenvalue weighted by atomic mass is 10.2. The van der Waals surface area contributed by atoms with Gasteiger partial charge in [-0.3, -0.25) is 4.79 Å². The summed E-state index contributed by atoms with van der Waals surface area (Å²) in [7, 11) is 1.39. The molecule has 16 heavy (non-hydrogen) atoms. The van der Waals surface area contributed by atoms with Crippen LogP contribution in [0.4, 0.5) is 5.00 Å². The first-order valence-electron chi connectivity index (χ1n) is 4.96. The van der Waals surface area contributed by atoms with Gasteiger partial charge in [0.2, 0.25) is 0 Å². The van der Waals surface area contributed by atoms with Gasteiger partial charge in [0, 0.05) is 11.9 Å². The second kappa shape index (κ2) is 4.94. The van der Waals surface area contributed by atoms with Crippen LogP contribution in [0.15, 0.2) is 24.3 Å². The summed E-state index contributed by atoms with van der Waals surface area (Å²) in [4.78, 5) is 10.9. The molecule has 1 aromatic carbocycles. The molecule has 5 heteroatoms. The Labute approximate surface area is 97.4 Å². The van der Waals surface area contributed by atoms with E-state index in [0.717, 1.165) is 15.9 Å². The maximum atomic E-state index is 10.9. The van der Waals surface area contributed by atoms with Gasteiger partial charge < -0.3 is 10.1 Å². The van der Waals surface area contributed by atoms with E-state index in [2.05, 4.69) is 14.4 Å². The molecule has 2 rings (SSSR count). The SMILES string of the molecule is COC(=O)CCNc1snc2ccccc12. The highest BCUT2D eigenvalue weighted by Gasteiger charge is 2.05. The fourth-order valence-corrected chi connectivity index (χ4v) is 2.18. The minimum atomic E-state index is -0.207. The van der Waals surface area contributed by atoms with Gasteiger partial charge in [0.15, 0.2) is 0 Å². The second-order valence-electron chi connectivity index (χ2n) is 3.28. The van der Waals surface area contributed by atoms with Gasteiger partial charge in [-0.05, 0) is 23.7 Å². The van der Waals surface area contributed by atoms with Gasteiger partial charge in [0.25, 0.3) is 0 Å². The summed E-state index contributed by atoms with van der Waals surface area (Å²) in [5.41, 5.74) is 0.980. The summed E-state index contributed by atoms with van der Waals surface area (Å²) in [5, 5.41) is 5.28. The standard InChI is InChI=1S/C11H12N2O2S/c1-15-10(14)6-7-12-11-8-4-2-3-5-9(8)13-16-11/h2-5,12H,6-7H2,1H3. The van der Waals surface area contributed by atoms with E-state index in [1.165, 1.54) is 18.6 Å². The second-order valence-corrected chi connectivity index (χ2v) is 4.06. The fraction of sp³-hybridized carbons (Fsp3) is 0.273. The van der Waals surface area contributed by atoms with E-state index in [1.807, 2.05) is 24.3 Å². The predicted octanol–water partition coefficient (Wildman–Crippen LogP) is 2.27. The van der Waals surface area contributed by atoms with Gasteiger partial charge in [-0.25, -0.2) is 0 Å². The predicted molar refractivity (Wildman–Crippen MR) is 64.7 cm³/mol. The number of esters is 1. The van der Waals surface area contributed by atoms with Crippen LogP contribution in [0.3, 0.4) is 0 Å². The molecule has 1 heterocycles. The van der Waals surface area contributed by atoms with E-state index < -0.39 is 0 Å². The van der Waals surface area contributed by atoms with E-state index in [-0.39, 0.29) is 5.97 Å². The highest BCUT2D eigenvalue weighted by molar-refractivity contribution is 7.11. The molecular formula is C11H12N2O2S. The van der Waals surface area contributed by atoms with Crippen molar-refractivity contribution in [2.24, 2.45) is 0 Å². The molecule has 0 atom stereocenters. The Bertz CT molecular complexity index is 495. The first-order chi connectivity index (χ1) is 7.81. The Morgan fingerprint density at radius 1 is 1.50 bits per heavy atom. The van der Waals surface area contributed by atoms with Crippen molar-refractivity contribution in [2.45, 2.75) is 6.42 Å². The minimum Gasteiger partial charge on any atom is -0.469 e. The lowest BCUT2D eigenvalue weighted by Gasteiger charge is -2.02. The van der Waals surface area contributed by atoms with Crippen molar-refractivity contribution in [3.63, 3.8) is 0 Å². The lowest BCUT2D eigenvalue weighted by Crippen LogP contribution is -2.08. The van der Waals surface area contributed by atoms with Crippen molar-refractivity contribution in [1.82, 2.24) is 4.37 Å². The molecule has 1 N–H and O–H groups in total. The van der Waals surface area contributed by atoms with Crippen molar-refractivity contribution in [1.29, 1.82) is 0 Å². The topological polar surface area (TPSA) is 51.2 Å². The zero-order valence-corrected chi connectivity index (χ0v) is 9.71. The first-order valence-corrected chi connectivity index (χ1v) is 5.73. The zero-order valence-electron chi connectivity index (χ0n) is 8.90. The summed E-state index contributed by atoms with van der Waals surface area (Å²) in [6.45, 7) is 0.568. The molecule has 0 saturated carbocycles. The minimum absolute atomic E-state index is 0.207. The highest BCUT2D eigenvalue weighted by Crippen LogP contribution is 2.26. The van der Waals surface area contributed by atoms with Crippen LogP contribution in [-0.2, 0) is 9.53 Å². The van der Waals surface area contributed by atoms with Gasteiger partial charge in [0.05, 0.1) is 19.0 Å². The highest BCUT2D eigenvalue weighted by atomic mass is 32.1. The van der Waals surface area contributed by atoms with Gasteiger partial charge in [-0.15, -0.1) is 0 Å². The smallest absolute Gasteiger partial charge is 0.307 e. The number of rotatable bonds is 4. The zero-order chi connectivity index (χ0) is 11.4. The van der Waals surface area contributed by atoms with Gasteiger partial charge in [0.1, 0.15) is 5.00 Å². The third-order valence-corrected chi connectivity index (χ3v) is 3.06. The molecule has 0 saturated heterocycles. The van der Waals surface area contributed by atoms with Gasteiger partial charge >= 0.3 is 5.97 Å². The maximum Gasteiger partial charge on any atom is 0.307 e.